The van der Waals surface area contributed by atoms with Gasteiger partial charge in [-0.1, -0.05) is 17.7 Å². The fraction of sp³-hybridized carbons (Fsp3) is 0.188. The molecule has 12 heteroatoms. The molecule has 0 saturated heterocycles. The average Bonchev–Trinajstić information content (AvgIpc) is 3.19. The zero-order valence-electron chi connectivity index (χ0n) is 14.0. The van der Waals surface area contributed by atoms with Crippen LogP contribution in [-0.2, 0) is 6.54 Å². The van der Waals surface area contributed by atoms with Crippen LogP contribution in [0.25, 0.3) is 5.82 Å². The molecule has 3 rings (SSSR count). The molecule has 1 N–H and O–H groups in total. The lowest BCUT2D eigenvalue weighted by Gasteiger charge is -2.11. The van der Waals surface area contributed by atoms with Crippen LogP contribution in [0.3, 0.4) is 0 Å². The standard InChI is InChI=1S/C16H12ClF3N6O2/c17-12-4-11(6-24-15(12)28-7-16(18,19)20)14(27)23-5-10-2-1-3-22-13(10)26-9-21-8-25-26/h1-4,6,8-9H,5,7H2,(H,23,27). The highest BCUT2D eigenvalue weighted by Crippen LogP contribution is 2.25. The van der Waals surface area contributed by atoms with Gasteiger partial charge in [-0.05, 0) is 12.1 Å². The quantitative estimate of drug-likeness (QED) is 0.668. The van der Waals surface area contributed by atoms with E-state index in [2.05, 4.69) is 30.1 Å². The molecule has 0 aliphatic carbocycles. The first-order chi connectivity index (χ1) is 13.3. The van der Waals surface area contributed by atoms with Crippen LogP contribution in [0.4, 0.5) is 13.2 Å². The Morgan fingerprint density at radius 2 is 2.14 bits per heavy atom. The molecule has 8 nitrogen and oxygen atoms in total. The van der Waals surface area contributed by atoms with Gasteiger partial charge in [-0.2, -0.15) is 18.3 Å². The summed E-state index contributed by atoms with van der Waals surface area (Å²) in [6.07, 6.45) is 0.955. The van der Waals surface area contributed by atoms with Crippen molar-refractivity contribution in [2.24, 2.45) is 0 Å². The van der Waals surface area contributed by atoms with Gasteiger partial charge >= 0.3 is 6.18 Å². The molecular weight excluding hydrogens is 401 g/mol. The lowest BCUT2D eigenvalue weighted by molar-refractivity contribution is -0.154. The number of halogens is 4. The number of ether oxygens (including phenoxy) is 1. The van der Waals surface area contributed by atoms with E-state index in [1.165, 1.54) is 23.4 Å². The van der Waals surface area contributed by atoms with Gasteiger partial charge in [-0.3, -0.25) is 4.79 Å². The third-order valence-electron chi connectivity index (χ3n) is 3.38. The van der Waals surface area contributed by atoms with Gasteiger partial charge in [0.25, 0.3) is 5.91 Å². The van der Waals surface area contributed by atoms with Crippen LogP contribution in [-0.4, -0.2) is 43.4 Å². The molecule has 0 saturated carbocycles. The maximum atomic E-state index is 12.3. The number of hydrogen-bond acceptors (Lipinski definition) is 6. The Morgan fingerprint density at radius 1 is 1.32 bits per heavy atom. The van der Waals surface area contributed by atoms with Crippen molar-refractivity contribution in [3.63, 3.8) is 0 Å². The molecule has 146 valence electrons. The summed E-state index contributed by atoms with van der Waals surface area (Å²) in [6.45, 7) is -1.41. The van der Waals surface area contributed by atoms with Crippen LogP contribution in [0.2, 0.25) is 5.02 Å². The molecule has 0 aliphatic heterocycles. The summed E-state index contributed by atoms with van der Waals surface area (Å²) in [5.41, 5.74) is 0.737. The highest BCUT2D eigenvalue weighted by molar-refractivity contribution is 6.32. The first kappa shape index (κ1) is 19.5. The summed E-state index contributed by atoms with van der Waals surface area (Å²) in [7, 11) is 0. The molecule has 3 aromatic rings. The second kappa shape index (κ2) is 8.21. The lowest BCUT2D eigenvalue weighted by atomic mass is 10.2. The van der Waals surface area contributed by atoms with E-state index in [1.54, 1.807) is 18.3 Å². The number of hydrogen-bond donors (Lipinski definition) is 1. The summed E-state index contributed by atoms with van der Waals surface area (Å²) in [5, 5.41) is 6.45. The summed E-state index contributed by atoms with van der Waals surface area (Å²) in [4.78, 5) is 24.0. The first-order valence-electron chi connectivity index (χ1n) is 7.75. The number of amides is 1. The second-order valence-corrected chi connectivity index (χ2v) is 5.83. The molecule has 0 atom stereocenters. The Labute approximate surface area is 161 Å². The van der Waals surface area contributed by atoms with Crippen LogP contribution < -0.4 is 10.1 Å². The summed E-state index contributed by atoms with van der Waals surface area (Å²) in [6, 6.07) is 4.63. The average molecular weight is 413 g/mol. The maximum Gasteiger partial charge on any atom is 0.422 e. The Balaban J connectivity index is 1.67. The number of rotatable bonds is 6. The minimum atomic E-state index is -4.52. The molecule has 3 aromatic heterocycles. The van der Waals surface area contributed by atoms with Gasteiger partial charge in [0.1, 0.15) is 17.7 Å². The van der Waals surface area contributed by atoms with Gasteiger partial charge in [-0.25, -0.2) is 19.6 Å². The molecule has 0 radical (unpaired) electrons. The number of carbonyl (C=O) groups excluding carboxylic acids is 1. The largest absolute Gasteiger partial charge is 0.467 e. The number of nitrogens with zero attached hydrogens (tertiary/aromatic N) is 5. The predicted molar refractivity (Wildman–Crippen MR) is 91.1 cm³/mol. The molecule has 0 fully saturated rings. The van der Waals surface area contributed by atoms with Crippen molar-refractivity contribution in [1.29, 1.82) is 0 Å². The highest BCUT2D eigenvalue weighted by Gasteiger charge is 2.29. The first-order valence-corrected chi connectivity index (χ1v) is 8.13. The van der Waals surface area contributed by atoms with E-state index in [0.29, 0.717) is 11.4 Å². The van der Waals surface area contributed by atoms with Crippen LogP contribution in [0.15, 0.2) is 43.2 Å². The smallest absolute Gasteiger partial charge is 0.422 e. The summed E-state index contributed by atoms with van der Waals surface area (Å²) < 4.78 is 42.6. The molecule has 28 heavy (non-hydrogen) atoms. The molecule has 0 bridgehead atoms. The number of alkyl halides is 3. The number of carbonyl (C=O) groups is 1. The molecule has 0 unspecified atom stereocenters. The molecule has 0 aliphatic rings. The summed E-state index contributed by atoms with van der Waals surface area (Å²) >= 11 is 5.85. The topological polar surface area (TPSA) is 94.8 Å². The fourth-order valence-electron chi connectivity index (χ4n) is 2.18. The van der Waals surface area contributed by atoms with Crippen molar-refractivity contribution >= 4 is 17.5 Å². The Bertz CT molecular complexity index is 965. The third-order valence-corrected chi connectivity index (χ3v) is 3.66. The minimum absolute atomic E-state index is 0.0653. The predicted octanol–water partition coefficient (Wildman–Crippen LogP) is 2.58. The van der Waals surface area contributed by atoms with Crippen LogP contribution in [0, 0.1) is 0 Å². The van der Waals surface area contributed by atoms with Crippen molar-refractivity contribution in [2.45, 2.75) is 12.7 Å². The lowest BCUT2D eigenvalue weighted by Crippen LogP contribution is -2.24. The molecule has 0 spiro atoms. The molecule has 3 heterocycles. The molecule has 0 aromatic carbocycles. The van der Waals surface area contributed by atoms with E-state index >= 15 is 0 Å². The molecule has 1 amide bonds. The van der Waals surface area contributed by atoms with Crippen molar-refractivity contribution in [3.8, 4) is 11.7 Å². The Morgan fingerprint density at radius 3 is 2.82 bits per heavy atom. The van der Waals surface area contributed by atoms with E-state index in [9.17, 15) is 18.0 Å². The van der Waals surface area contributed by atoms with Gasteiger partial charge in [0.2, 0.25) is 5.88 Å². The van der Waals surface area contributed by atoms with Crippen LogP contribution in [0.5, 0.6) is 5.88 Å². The number of nitrogens with one attached hydrogen (secondary N) is 1. The van der Waals surface area contributed by atoms with E-state index in [0.717, 1.165) is 6.20 Å². The summed E-state index contributed by atoms with van der Waals surface area (Å²) in [5.74, 6) is -0.436. The normalized spacial score (nSPS) is 11.3. The van der Waals surface area contributed by atoms with Crippen molar-refractivity contribution in [1.82, 2.24) is 30.0 Å². The van der Waals surface area contributed by atoms with E-state index < -0.39 is 24.6 Å². The SMILES string of the molecule is O=C(NCc1cccnc1-n1cncn1)c1cnc(OCC(F)(F)F)c(Cl)c1. The van der Waals surface area contributed by atoms with E-state index in [4.69, 9.17) is 11.6 Å². The fourth-order valence-corrected chi connectivity index (χ4v) is 2.40. The van der Waals surface area contributed by atoms with Crippen molar-refractivity contribution in [3.05, 3.63) is 59.4 Å². The number of pyridine rings is 2. The van der Waals surface area contributed by atoms with Gasteiger partial charge in [-0.15, -0.1) is 0 Å². The Hall–Kier alpha value is -3.21. The van der Waals surface area contributed by atoms with Crippen LogP contribution in [0.1, 0.15) is 15.9 Å². The monoisotopic (exact) mass is 412 g/mol. The zero-order valence-corrected chi connectivity index (χ0v) is 14.8. The van der Waals surface area contributed by atoms with Crippen molar-refractivity contribution < 1.29 is 22.7 Å². The highest BCUT2D eigenvalue weighted by atomic mass is 35.5. The number of aromatic nitrogens is 5. The van der Waals surface area contributed by atoms with E-state index in [-0.39, 0.29) is 17.1 Å². The van der Waals surface area contributed by atoms with Gasteiger partial charge in [0.15, 0.2) is 12.4 Å². The maximum absolute atomic E-state index is 12.3. The second-order valence-electron chi connectivity index (χ2n) is 5.42. The Kier molecular flexibility index (Phi) is 5.73. The van der Waals surface area contributed by atoms with Crippen molar-refractivity contribution in [2.75, 3.05) is 6.61 Å². The van der Waals surface area contributed by atoms with Gasteiger partial charge < -0.3 is 10.1 Å². The zero-order chi connectivity index (χ0) is 20.1. The van der Waals surface area contributed by atoms with E-state index in [1.807, 2.05) is 0 Å². The van der Waals surface area contributed by atoms with Gasteiger partial charge in [0, 0.05) is 24.5 Å². The van der Waals surface area contributed by atoms with Gasteiger partial charge in [0.05, 0.1) is 5.56 Å². The van der Waals surface area contributed by atoms with Crippen LogP contribution >= 0.6 is 11.6 Å². The third kappa shape index (κ3) is 4.94. The minimum Gasteiger partial charge on any atom is -0.467 e. The molecular formula is C16H12ClF3N6O2.